The van der Waals surface area contributed by atoms with Gasteiger partial charge in [0, 0.05) is 12.3 Å². The predicted molar refractivity (Wildman–Crippen MR) is 74.7 cm³/mol. The lowest BCUT2D eigenvalue weighted by Crippen LogP contribution is -2.05. The molecule has 0 aliphatic carbocycles. The van der Waals surface area contributed by atoms with Gasteiger partial charge in [0.2, 0.25) is 5.91 Å². The average molecular weight is 277 g/mol. The quantitative estimate of drug-likeness (QED) is 0.932. The molecule has 0 saturated heterocycles. The van der Waals surface area contributed by atoms with Gasteiger partial charge >= 0.3 is 0 Å². The summed E-state index contributed by atoms with van der Waals surface area (Å²) in [4.78, 5) is 15.1. The Balaban J connectivity index is 1.98. The fraction of sp³-hybridized carbons (Fsp3) is 0.214. The Morgan fingerprint density at radius 1 is 1.47 bits per heavy atom. The molecule has 0 fully saturated rings. The molecule has 2 rings (SSSR count). The summed E-state index contributed by atoms with van der Waals surface area (Å²) in [5.41, 5.74) is 2.18. The van der Waals surface area contributed by atoms with E-state index in [-0.39, 0.29) is 11.7 Å². The second kappa shape index (κ2) is 5.93. The lowest BCUT2D eigenvalue weighted by atomic mass is 10.1. The number of hydrogen-bond donors (Lipinski definition) is 1. The van der Waals surface area contributed by atoms with Crippen molar-refractivity contribution in [1.29, 1.82) is 0 Å². The fourth-order valence-electron chi connectivity index (χ4n) is 1.69. The molecule has 0 aliphatic heterocycles. The van der Waals surface area contributed by atoms with Crippen molar-refractivity contribution in [3.05, 3.63) is 53.1 Å². The van der Waals surface area contributed by atoms with E-state index in [1.165, 1.54) is 24.3 Å². The summed E-state index contributed by atoms with van der Waals surface area (Å²) in [6.07, 6.45) is 1.22. The molecule has 99 valence electrons. The Bertz CT molecular complexity index is 595. The van der Waals surface area contributed by atoms with Gasteiger partial charge in [0.25, 0.3) is 0 Å². The van der Waals surface area contributed by atoms with E-state index in [1.807, 2.05) is 5.38 Å². The number of carbonyl (C=O) groups excluding carboxylic acids is 1. The van der Waals surface area contributed by atoms with Crippen LogP contribution in [0.2, 0.25) is 0 Å². The molecule has 1 N–H and O–H groups in total. The largest absolute Gasteiger partial charge is 0.302 e. The molecular weight excluding hydrogens is 263 g/mol. The first-order valence-electron chi connectivity index (χ1n) is 5.87. The highest BCUT2D eigenvalue weighted by Crippen LogP contribution is 2.18. The third kappa shape index (κ3) is 3.86. The number of thiazole rings is 1. The van der Waals surface area contributed by atoms with Crippen LogP contribution in [-0.2, 0) is 17.6 Å². The van der Waals surface area contributed by atoms with E-state index in [9.17, 15) is 9.18 Å². The molecule has 19 heavy (non-hydrogen) atoms. The molecule has 0 aliphatic rings. The van der Waals surface area contributed by atoms with Crippen LogP contribution in [0.4, 0.5) is 9.52 Å². The van der Waals surface area contributed by atoms with Crippen LogP contribution < -0.4 is 5.32 Å². The topological polar surface area (TPSA) is 42.0 Å². The standard InChI is InChI=1S/C14H14FN2OS/c1-9-3-4-11(13(15)7-9)5-6-12-8-19-14(17-12)16-10(2)18/h3-4,7-8H,1,5-6H2,2H3,(H,16,17,18). The van der Waals surface area contributed by atoms with E-state index in [1.54, 1.807) is 12.1 Å². The predicted octanol–water partition coefficient (Wildman–Crippen LogP) is 3.21. The zero-order valence-electron chi connectivity index (χ0n) is 10.6. The summed E-state index contributed by atoms with van der Waals surface area (Å²) in [6.45, 7) is 5.12. The number of hydrogen-bond acceptors (Lipinski definition) is 3. The van der Waals surface area contributed by atoms with Gasteiger partial charge in [-0.05, 0) is 37.0 Å². The van der Waals surface area contributed by atoms with Gasteiger partial charge in [0.05, 0.1) is 5.69 Å². The Labute approximate surface area is 115 Å². The molecule has 3 nitrogen and oxygen atoms in total. The van der Waals surface area contributed by atoms with Crippen LogP contribution in [0.15, 0.2) is 23.6 Å². The molecule has 2 aromatic rings. The minimum Gasteiger partial charge on any atom is -0.302 e. The SMILES string of the molecule is [CH2]c1ccc(CCc2csc(NC(C)=O)n2)c(F)c1. The van der Waals surface area contributed by atoms with Crippen molar-refractivity contribution in [3.63, 3.8) is 0 Å². The maximum Gasteiger partial charge on any atom is 0.223 e. The second-order valence-corrected chi connectivity index (χ2v) is 5.11. The van der Waals surface area contributed by atoms with E-state index >= 15 is 0 Å². The van der Waals surface area contributed by atoms with Gasteiger partial charge in [-0.1, -0.05) is 12.1 Å². The maximum atomic E-state index is 13.6. The van der Waals surface area contributed by atoms with Crippen LogP contribution >= 0.6 is 11.3 Å². The van der Waals surface area contributed by atoms with Crippen molar-refractivity contribution < 1.29 is 9.18 Å². The highest BCUT2D eigenvalue weighted by molar-refractivity contribution is 7.13. The van der Waals surface area contributed by atoms with Gasteiger partial charge in [-0.2, -0.15) is 0 Å². The summed E-state index contributed by atoms with van der Waals surface area (Å²) in [6, 6.07) is 4.97. The Morgan fingerprint density at radius 2 is 2.26 bits per heavy atom. The number of benzene rings is 1. The molecule has 0 unspecified atom stereocenters. The maximum absolute atomic E-state index is 13.6. The molecule has 0 bridgehead atoms. The molecule has 1 amide bonds. The van der Waals surface area contributed by atoms with Gasteiger partial charge in [-0.3, -0.25) is 4.79 Å². The van der Waals surface area contributed by atoms with Crippen LogP contribution in [0.1, 0.15) is 23.7 Å². The zero-order chi connectivity index (χ0) is 13.8. The molecular formula is C14H14FN2OS. The molecule has 1 aromatic heterocycles. The molecule has 1 aromatic carbocycles. The minimum atomic E-state index is -0.232. The van der Waals surface area contributed by atoms with Crippen molar-refractivity contribution in [2.24, 2.45) is 0 Å². The highest BCUT2D eigenvalue weighted by atomic mass is 32.1. The lowest BCUT2D eigenvalue weighted by molar-refractivity contribution is -0.114. The van der Waals surface area contributed by atoms with Gasteiger partial charge in [-0.15, -0.1) is 11.3 Å². The van der Waals surface area contributed by atoms with Gasteiger partial charge in [0.1, 0.15) is 5.82 Å². The number of rotatable bonds is 4. The monoisotopic (exact) mass is 277 g/mol. The zero-order valence-corrected chi connectivity index (χ0v) is 11.4. The van der Waals surface area contributed by atoms with Crippen molar-refractivity contribution in [2.45, 2.75) is 19.8 Å². The van der Waals surface area contributed by atoms with Gasteiger partial charge in [0.15, 0.2) is 5.13 Å². The summed E-state index contributed by atoms with van der Waals surface area (Å²) in [5, 5.41) is 5.08. The molecule has 0 saturated carbocycles. The lowest BCUT2D eigenvalue weighted by Gasteiger charge is -2.02. The van der Waals surface area contributed by atoms with Gasteiger partial charge in [-0.25, -0.2) is 9.37 Å². The second-order valence-electron chi connectivity index (χ2n) is 4.25. The average Bonchev–Trinajstić information content (AvgIpc) is 2.74. The highest BCUT2D eigenvalue weighted by Gasteiger charge is 2.06. The number of aryl methyl sites for hydroxylation is 2. The number of carbonyl (C=O) groups is 1. The first-order valence-corrected chi connectivity index (χ1v) is 6.75. The number of amides is 1. The van der Waals surface area contributed by atoms with Crippen LogP contribution in [0, 0.1) is 12.7 Å². The summed E-state index contributed by atoms with van der Waals surface area (Å²) in [7, 11) is 0. The van der Waals surface area contributed by atoms with Crippen molar-refractivity contribution in [2.75, 3.05) is 5.32 Å². The third-order valence-corrected chi connectivity index (χ3v) is 3.41. The number of nitrogens with zero attached hydrogens (tertiary/aromatic N) is 1. The first kappa shape index (κ1) is 13.7. The number of anilines is 1. The summed E-state index contributed by atoms with van der Waals surface area (Å²) >= 11 is 1.37. The van der Waals surface area contributed by atoms with Crippen molar-refractivity contribution >= 4 is 22.4 Å². The summed E-state index contributed by atoms with van der Waals surface area (Å²) < 4.78 is 13.6. The smallest absolute Gasteiger partial charge is 0.223 e. The molecule has 5 heteroatoms. The molecule has 0 spiro atoms. The number of halogens is 1. The normalized spacial score (nSPS) is 10.5. The molecule has 1 radical (unpaired) electrons. The summed E-state index contributed by atoms with van der Waals surface area (Å²) in [5.74, 6) is -0.372. The van der Waals surface area contributed by atoms with Crippen LogP contribution in [-0.4, -0.2) is 10.9 Å². The number of nitrogens with one attached hydrogen (secondary N) is 1. The Morgan fingerprint density at radius 3 is 2.95 bits per heavy atom. The van der Waals surface area contributed by atoms with Crippen LogP contribution in [0.3, 0.4) is 0 Å². The molecule has 0 atom stereocenters. The van der Waals surface area contributed by atoms with Gasteiger partial charge < -0.3 is 5.32 Å². The van der Waals surface area contributed by atoms with Crippen LogP contribution in [0.25, 0.3) is 0 Å². The van der Waals surface area contributed by atoms with E-state index < -0.39 is 0 Å². The van der Waals surface area contributed by atoms with E-state index in [2.05, 4.69) is 17.2 Å². The van der Waals surface area contributed by atoms with E-state index in [0.29, 0.717) is 29.1 Å². The van der Waals surface area contributed by atoms with Crippen molar-refractivity contribution in [1.82, 2.24) is 4.98 Å². The minimum absolute atomic E-state index is 0.141. The van der Waals surface area contributed by atoms with E-state index in [0.717, 1.165) is 5.69 Å². The third-order valence-electron chi connectivity index (χ3n) is 2.60. The number of aromatic nitrogens is 1. The Hall–Kier alpha value is -1.75. The van der Waals surface area contributed by atoms with E-state index in [4.69, 9.17) is 0 Å². The fourth-order valence-corrected chi connectivity index (χ4v) is 2.48. The molecule has 1 heterocycles. The van der Waals surface area contributed by atoms with Crippen molar-refractivity contribution in [3.8, 4) is 0 Å². The van der Waals surface area contributed by atoms with Crippen LogP contribution in [0.5, 0.6) is 0 Å². The first-order chi connectivity index (χ1) is 9.04. The Kier molecular flexibility index (Phi) is 4.27.